The van der Waals surface area contributed by atoms with E-state index >= 15 is 0 Å². The number of carboxylic acid groups (broad SMARTS) is 1. The van der Waals surface area contributed by atoms with Crippen molar-refractivity contribution in [3.63, 3.8) is 0 Å². The molecule has 7 nitrogen and oxygen atoms in total. The molecule has 1 N–H and O–H groups in total. The molecule has 0 aromatic carbocycles. The number of amides is 1. The van der Waals surface area contributed by atoms with Gasteiger partial charge in [0, 0.05) is 25.8 Å². The number of aliphatic carboxylic acids is 1. The molecule has 2 heterocycles. The molecule has 23 heavy (non-hydrogen) atoms. The molecule has 1 fully saturated rings. The van der Waals surface area contributed by atoms with E-state index in [0.29, 0.717) is 19.4 Å². The van der Waals surface area contributed by atoms with Gasteiger partial charge in [-0.3, -0.25) is 9.48 Å². The number of ether oxygens (including phenoxy) is 1. The molecule has 1 aromatic rings. The quantitative estimate of drug-likeness (QED) is 0.858. The molecule has 1 saturated heterocycles. The summed E-state index contributed by atoms with van der Waals surface area (Å²) in [6.45, 7) is 6.25. The van der Waals surface area contributed by atoms with Crippen LogP contribution in [0.15, 0.2) is 6.07 Å². The Kier molecular flexibility index (Phi) is 5.09. The average Bonchev–Trinajstić information content (AvgIpc) is 3.03. The summed E-state index contributed by atoms with van der Waals surface area (Å²) in [6.07, 6.45) is 1.33. The number of rotatable bonds is 6. The predicted molar refractivity (Wildman–Crippen MR) is 84.2 cm³/mol. The molecule has 0 spiro atoms. The summed E-state index contributed by atoms with van der Waals surface area (Å²) in [5.41, 5.74) is 0.661. The lowest BCUT2D eigenvalue weighted by atomic mass is 9.97. The smallest absolute Gasteiger partial charge is 0.332 e. The summed E-state index contributed by atoms with van der Waals surface area (Å²) in [5.74, 6) is -1.16. The Labute approximate surface area is 136 Å². The lowest BCUT2D eigenvalue weighted by Crippen LogP contribution is -2.56. The van der Waals surface area contributed by atoms with Gasteiger partial charge in [-0.25, -0.2) is 4.79 Å². The van der Waals surface area contributed by atoms with E-state index in [1.807, 2.05) is 31.5 Å². The van der Waals surface area contributed by atoms with Crippen molar-refractivity contribution in [2.75, 3.05) is 20.3 Å². The third kappa shape index (κ3) is 3.24. The van der Waals surface area contributed by atoms with Crippen LogP contribution in [0.1, 0.15) is 43.6 Å². The summed E-state index contributed by atoms with van der Waals surface area (Å²) in [4.78, 5) is 25.9. The molecule has 0 aliphatic carbocycles. The minimum atomic E-state index is -1.24. The van der Waals surface area contributed by atoms with Crippen LogP contribution in [0.4, 0.5) is 0 Å². The third-order valence-corrected chi connectivity index (χ3v) is 4.50. The molecule has 1 amide bonds. The monoisotopic (exact) mass is 323 g/mol. The van der Waals surface area contributed by atoms with Gasteiger partial charge in [-0.15, -0.1) is 0 Å². The van der Waals surface area contributed by atoms with Crippen LogP contribution in [-0.4, -0.2) is 57.5 Å². The van der Waals surface area contributed by atoms with E-state index in [9.17, 15) is 14.7 Å². The van der Waals surface area contributed by atoms with E-state index < -0.39 is 11.5 Å². The largest absolute Gasteiger partial charge is 0.479 e. The normalized spacial score (nSPS) is 22.3. The lowest BCUT2D eigenvalue weighted by molar-refractivity contribution is -0.160. The summed E-state index contributed by atoms with van der Waals surface area (Å²) in [7, 11) is 1.46. The van der Waals surface area contributed by atoms with Crippen LogP contribution < -0.4 is 0 Å². The Balaban J connectivity index is 2.15. The number of methoxy groups -OCH3 is 1. The highest BCUT2D eigenvalue weighted by Crippen LogP contribution is 2.32. The number of nitrogens with zero attached hydrogens (tertiary/aromatic N) is 3. The lowest BCUT2D eigenvalue weighted by Gasteiger charge is -2.34. The highest BCUT2D eigenvalue weighted by molar-refractivity contribution is 5.88. The fourth-order valence-electron chi connectivity index (χ4n) is 3.46. The van der Waals surface area contributed by atoms with Crippen molar-refractivity contribution >= 4 is 11.9 Å². The zero-order valence-corrected chi connectivity index (χ0v) is 14.2. The van der Waals surface area contributed by atoms with Gasteiger partial charge in [-0.05, 0) is 39.7 Å². The number of aryl methyl sites for hydroxylation is 2. The molecule has 128 valence electrons. The van der Waals surface area contributed by atoms with Gasteiger partial charge in [-0.1, -0.05) is 0 Å². The maximum absolute atomic E-state index is 12.7. The van der Waals surface area contributed by atoms with Crippen molar-refractivity contribution in [1.82, 2.24) is 14.7 Å². The molecule has 1 aliphatic heterocycles. The molecule has 0 bridgehead atoms. The van der Waals surface area contributed by atoms with Crippen molar-refractivity contribution in [3.8, 4) is 0 Å². The van der Waals surface area contributed by atoms with Gasteiger partial charge in [0.2, 0.25) is 5.91 Å². The van der Waals surface area contributed by atoms with Crippen LogP contribution in [0.25, 0.3) is 0 Å². The molecule has 2 rings (SSSR count). The van der Waals surface area contributed by atoms with E-state index in [4.69, 9.17) is 4.74 Å². The molecule has 0 saturated carbocycles. The SMILES string of the molecule is COCC1(C(=O)O)CCCN1C(=O)CC(C)n1nc(C)cc1C. The number of carbonyl (C=O) groups is 2. The summed E-state index contributed by atoms with van der Waals surface area (Å²) >= 11 is 0. The van der Waals surface area contributed by atoms with Gasteiger partial charge in [0.05, 0.1) is 18.3 Å². The number of likely N-dealkylation sites (tertiary alicyclic amines) is 1. The molecule has 0 radical (unpaired) electrons. The Morgan fingerprint density at radius 2 is 2.17 bits per heavy atom. The first-order valence-corrected chi connectivity index (χ1v) is 7.87. The maximum Gasteiger partial charge on any atom is 0.332 e. The third-order valence-electron chi connectivity index (χ3n) is 4.50. The van der Waals surface area contributed by atoms with E-state index in [2.05, 4.69) is 5.10 Å². The number of aromatic nitrogens is 2. The number of carbonyl (C=O) groups excluding carboxylic acids is 1. The fraction of sp³-hybridized carbons (Fsp3) is 0.688. The summed E-state index contributed by atoms with van der Waals surface area (Å²) < 4.78 is 6.91. The van der Waals surface area contributed by atoms with Crippen molar-refractivity contribution < 1.29 is 19.4 Å². The minimum Gasteiger partial charge on any atom is -0.479 e. The first-order valence-electron chi connectivity index (χ1n) is 7.87. The standard InChI is InChI=1S/C16H25N3O4/c1-11-8-12(2)19(17-11)13(3)9-14(20)18-7-5-6-16(18,10-23-4)15(21)22/h8,13H,5-7,9-10H2,1-4H3,(H,21,22). The molecular weight excluding hydrogens is 298 g/mol. The predicted octanol–water partition coefficient (Wildman–Crippen LogP) is 1.54. The van der Waals surface area contributed by atoms with Gasteiger partial charge in [0.15, 0.2) is 5.54 Å². The van der Waals surface area contributed by atoms with Crippen LogP contribution in [0.2, 0.25) is 0 Å². The maximum atomic E-state index is 12.7. The van der Waals surface area contributed by atoms with Crippen molar-refractivity contribution in [1.29, 1.82) is 0 Å². The van der Waals surface area contributed by atoms with E-state index in [0.717, 1.165) is 11.4 Å². The second-order valence-electron chi connectivity index (χ2n) is 6.34. The van der Waals surface area contributed by atoms with Crippen LogP contribution in [0, 0.1) is 13.8 Å². The average molecular weight is 323 g/mol. The Hall–Kier alpha value is -1.89. The van der Waals surface area contributed by atoms with E-state index in [1.54, 1.807) is 0 Å². The van der Waals surface area contributed by atoms with Gasteiger partial charge in [0.25, 0.3) is 0 Å². The minimum absolute atomic E-state index is 0.0162. The van der Waals surface area contributed by atoms with Crippen LogP contribution in [-0.2, 0) is 14.3 Å². The second kappa shape index (κ2) is 6.70. The molecular formula is C16H25N3O4. The van der Waals surface area contributed by atoms with Crippen molar-refractivity contribution in [2.45, 2.75) is 51.6 Å². The molecule has 1 aromatic heterocycles. The number of carboxylic acids is 1. The Morgan fingerprint density at radius 3 is 2.70 bits per heavy atom. The number of hydrogen-bond acceptors (Lipinski definition) is 4. The highest BCUT2D eigenvalue weighted by atomic mass is 16.5. The molecule has 7 heteroatoms. The van der Waals surface area contributed by atoms with Crippen LogP contribution in [0.5, 0.6) is 0 Å². The fourth-order valence-corrected chi connectivity index (χ4v) is 3.46. The topological polar surface area (TPSA) is 84.7 Å². The highest BCUT2D eigenvalue weighted by Gasteiger charge is 2.50. The van der Waals surface area contributed by atoms with Gasteiger partial charge in [0.1, 0.15) is 0 Å². The first kappa shape index (κ1) is 17.5. The van der Waals surface area contributed by atoms with Gasteiger partial charge in [-0.2, -0.15) is 5.10 Å². The Morgan fingerprint density at radius 1 is 1.48 bits per heavy atom. The number of hydrogen-bond donors (Lipinski definition) is 1. The molecule has 2 unspecified atom stereocenters. The summed E-state index contributed by atoms with van der Waals surface area (Å²) in [5, 5.41) is 14.0. The van der Waals surface area contributed by atoms with Gasteiger partial charge < -0.3 is 14.7 Å². The second-order valence-corrected chi connectivity index (χ2v) is 6.34. The summed E-state index contributed by atoms with van der Waals surface area (Å²) in [6, 6.07) is 1.84. The van der Waals surface area contributed by atoms with Crippen molar-refractivity contribution in [2.24, 2.45) is 0 Å². The van der Waals surface area contributed by atoms with E-state index in [1.165, 1.54) is 12.0 Å². The zero-order valence-electron chi connectivity index (χ0n) is 14.2. The molecule has 1 aliphatic rings. The van der Waals surface area contributed by atoms with Gasteiger partial charge >= 0.3 is 5.97 Å². The van der Waals surface area contributed by atoms with E-state index in [-0.39, 0.29) is 25.0 Å². The zero-order chi connectivity index (χ0) is 17.2. The molecule has 2 atom stereocenters. The Bertz CT molecular complexity index is 598. The van der Waals surface area contributed by atoms with Crippen molar-refractivity contribution in [3.05, 3.63) is 17.5 Å². The first-order chi connectivity index (χ1) is 10.8. The van der Waals surface area contributed by atoms with Crippen LogP contribution >= 0.6 is 0 Å². The van der Waals surface area contributed by atoms with Crippen LogP contribution in [0.3, 0.4) is 0 Å².